The minimum Gasteiger partial charge on any atom is -0.382 e. The van der Waals surface area contributed by atoms with Crippen LogP contribution in [-0.2, 0) is 12.8 Å². The lowest BCUT2D eigenvalue weighted by Crippen LogP contribution is -2.10. The van der Waals surface area contributed by atoms with E-state index in [4.69, 9.17) is 11.1 Å². The Morgan fingerprint density at radius 1 is 1.42 bits per heavy atom. The van der Waals surface area contributed by atoms with E-state index in [2.05, 4.69) is 4.98 Å². The van der Waals surface area contributed by atoms with Crippen molar-refractivity contribution in [2.45, 2.75) is 25.7 Å². The molecule has 1 heterocycles. The number of hydrogen-bond donors (Lipinski definition) is 2. The number of aromatic nitrogens is 1. The second-order valence-corrected chi connectivity index (χ2v) is 4.09. The maximum absolute atomic E-state index is 7.24. The molecule has 3 nitrogen and oxygen atoms in total. The highest BCUT2D eigenvalue weighted by Crippen LogP contribution is 2.26. The van der Waals surface area contributed by atoms with Crippen LogP contribution in [0.3, 0.4) is 0 Å². The van der Waals surface area contributed by atoms with E-state index in [1.165, 1.54) is 23.4 Å². The van der Waals surface area contributed by atoms with Crippen LogP contribution in [0.2, 0.25) is 0 Å². The third-order valence-corrected chi connectivity index (χ3v) is 3.27. The summed E-state index contributed by atoms with van der Waals surface area (Å²) < 4.78 is 0. The quantitative estimate of drug-likeness (QED) is 0.507. The molecule has 0 atom stereocenters. The summed E-state index contributed by atoms with van der Waals surface area (Å²) in [5, 5.41) is 7.94. The molecule has 2 rings (SSSR count). The molecule has 1 aliphatic carbocycles. The lowest BCUT2D eigenvalue weighted by atomic mass is 10.0. The average molecular weight is 181 g/mol. The second kappa shape index (κ2) is 2.86. The van der Waals surface area contributed by atoms with Crippen molar-refractivity contribution in [3.63, 3.8) is 0 Å². The molecule has 0 saturated heterocycles. The molecule has 0 aromatic carbocycles. The third-order valence-electron chi connectivity index (χ3n) is 2.08. The first-order chi connectivity index (χ1) is 5.77. The molecule has 0 fully saturated rings. The molecular weight excluding hydrogens is 170 g/mol. The number of nitrogens with zero attached hydrogens (tertiary/aromatic N) is 1. The smallest absolute Gasteiger partial charge is 0.158 e. The molecule has 3 N–H and O–H groups in total. The zero-order chi connectivity index (χ0) is 8.55. The highest BCUT2D eigenvalue weighted by molar-refractivity contribution is 7.13. The number of nitrogens with two attached hydrogens (primary N) is 1. The Bertz CT molecular complexity index is 293. The maximum atomic E-state index is 7.24. The summed E-state index contributed by atoms with van der Waals surface area (Å²) in [5.41, 5.74) is 6.53. The molecule has 1 aromatic rings. The van der Waals surface area contributed by atoms with Gasteiger partial charge in [0.25, 0.3) is 0 Å². The lowest BCUT2D eigenvalue weighted by Gasteiger charge is -2.06. The molecular formula is C8H11N3S. The molecule has 4 heteroatoms. The van der Waals surface area contributed by atoms with Crippen molar-refractivity contribution in [1.82, 2.24) is 4.98 Å². The van der Waals surface area contributed by atoms with Crippen molar-refractivity contribution in [3.8, 4) is 0 Å². The molecule has 0 radical (unpaired) electrons. The Hall–Kier alpha value is -0.900. The van der Waals surface area contributed by atoms with Crippen molar-refractivity contribution in [2.24, 2.45) is 5.73 Å². The van der Waals surface area contributed by atoms with Gasteiger partial charge in [-0.15, -0.1) is 11.3 Å². The normalized spacial score (nSPS) is 15.7. The standard InChI is InChI=1S/C8H11N3S/c9-7(10)8-11-5-3-1-2-4-6(5)12-8/h1-4H2,(H3,9,10). The van der Waals surface area contributed by atoms with Crippen molar-refractivity contribution >= 4 is 17.2 Å². The van der Waals surface area contributed by atoms with Crippen LogP contribution in [0.1, 0.15) is 28.4 Å². The molecule has 64 valence electrons. The topological polar surface area (TPSA) is 62.8 Å². The maximum Gasteiger partial charge on any atom is 0.158 e. The number of hydrogen-bond acceptors (Lipinski definition) is 3. The van der Waals surface area contributed by atoms with Gasteiger partial charge < -0.3 is 5.73 Å². The second-order valence-electron chi connectivity index (χ2n) is 3.01. The predicted molar refractivity (Wildman–Crippen MR) is 49.8 cm³/mol. The molecule has 0 saturated carbocycles. The Kier molecular flexibility index (Phi) is 1.84. The van der Waals surface area contributed by atoms with Gasteiger partial charge in [-0.2, -0.15) is 0 Å². The summed E-state index contributed by atoms with van der Waals surface area (Å²) in [5.74, 6) is 0.106. The van der Waals surface area contributed by atoms with E-state index in [1.807, 2.05) is 0 Å². The summed E-state index contributed by atoms with van der Waals surface area (Å²) >= 11 is 1.58. The number of thiazole rings is 1. The van der Waals surface area contributed by atoms with Gasteiger partial charge >= 0.3 is 0 Å². The van der Waals surface area contributed by atoms with Crippen LogP contribution in [0, 0.1) is 5.41 Å². The molecule has 12 heavy (non-hydrogen) atoms. The summed E-state index contributed by atoms with van der Waals surface area (Å²) in [7, 11) is 0. The van der Waals surface area contributed by atoms with E-state index in [1.54, 1.807) is 11.3 Å². The van der Waals surface area contributed by atoms with Gasteiger partial charge in [0.05, 0.1) is 5.69 Å². The first kappa shape index (κ1) is 7.73. The van der Waals surface area contributed by atoms with Gasteiger partial charge in [0, 0.05) is 4.88 Å². The van der Waals surface area contributed by atoms with Gasteiger partial charge in [-0.05, 0) is 25.7 Å². The predicted octanol–water partition coefficient (Wildman–Crippen LogP) is 1.31. The fourth-order valence-electron chi connectivity index (χ4n) is 1.47. The zero-order valence-electron chi connectivity index (χ0n) is 6.76. The van der Waals surface area contributed by atoms with Crippen molar-refractivity contribution in [3.05, 3.63) is 15.6 Å². The number of amidine groups is 1. The molecule has 0 unspecified atom stereocenters. The summed E-state index contributed by atoms with van der Waals surface area (Å²) in [4.78, 5) is 5.66. The highest BCUT2D eigenvalue weighted by atomic mass is 32.1. The molecule has 0 amide bonds. The molecule has 1 aliphatic rings. The van der Waals surface area contributed by atoms with Crippen LogP contribution in [0.25, 0.3) is 0 Å². The van der Waals surface area contributed by atoms with Gasteiger partial charge in [-0.1, -0.05) is 0 Å². The van der Waals surface area contributed by atoms with Crippen LogP contribution in [-0.4, -0.2) is 10.8 Å². The van der Waals surface area contributed by atoms with Crippen LogP contribution in [0.4, 0.5) is 0 Å². The fraction of sp³-hybridized carbons (Fsp3) is 0.500. The molecule has 1 aromatic heterocycles. The Morgan fingerprint density at radius 3 is 2.83 bits per heavy atom. The van der Waals surface area contributed by atoms with E-state index in [0.717, 1.165) is 12.8 Å². The molecule has 0 spiro atoms. The number of rotatable bonds is 1. The average Bonchev–Trinajstić information content (AvgIpc) is 2.46. The Morgan fingerprint density at radius 2 is 2.17 bits per heavy atom. The minimum absolute atomic E-state index is 0.106. The number of nitrogens with one attached hydrogen (secondary N) is 1. The molecule has 0 bridgehead atoms. The summed E-state index contributed by atoms with van der Waals surface area (Å²) in [6.07, 6.45) is 4.68. The van der Waals surface area contributed by atoms with Gasteiger partial charge in [-0.25, -0.2) is 4.98 Å². The summed E-state index contributed by atoms with van der Waals surface area (Å²) in [6.45, 7) is 0. The van der Waals surface area contributed by atoms with Gasteiger partial charge in [0.2, 0.25) is 0 Å². The zero-order valence-corrected chi connectivity index (χ0v) is 7.58. The van der Waals surface area contributed by atoms with Gasteiger partial charge in [0.15, 0.2) is 10.8 Å². The van der Waals surface area contributed by atoms with Crippen molar-refractivity contribution < 1.29 is 0 Å². The van der Waals surface area contributed by atoms with E-state index < -0.39 is 0 Å². The van der Waals surface area contributed by atoms with E-state index >= 15 is 0 Å². The van der Waals surface area contributed by atoms with E-state index in [9.17, 15) is 0 Å². The Balaban J connectivity index is 2.38. The monoisotopic (exact) mass is 181 g/mol. The number of aryl methyl sites for hydroxylation is 2. The SMILES string of the molecule is N=C(N)c1nc2c(s1)CCCC2. The van der Waals surface area contributed by atoms with E-state index in [-0.39, 0.29) is 5.84 Å². The van der Waals surface area contributed by atoms with E-state index in [0.29, 0.717) is 5.01 Å². The fourth-order valence-corrected chi connectivity index (χ4v) is 2.48. The Labute approximate surface area is 75.1 Å². The largest absolute Gasteiger partial charge is 0.382 e. The van der Waals surface area contributed by atoms with Crippen LogP contribution < -0.4 is 5.73 Å². The van der Waals surface area contributed by atoms with Gasteiger partial charge in [-0.3, -0.25) is 5.41 Å². The van der Waals surface area contributed by atoms with Crippen LogP contribution >= 0.6 is 11.3 Å². The number of nitrogen functional groups attached to an aromatic ring is 1. The van der Waals surface area contributed by atoms with Gasteiger partial charge in [0.1, 0.15) is 0 Å². The first-order valence-corrected chi connectivity index (χ1v) is 4.92. The first-order valence-electron chi connectivity index (χ1n) is 4.10. The van der Waals surface area contributed by atoms with Crippen LogP contribution in [0.15, 0.2) is 0 Å². The van der Waals surface area contributed by atoms with Crippen molar-refractivity contribution in [1.29, 1.82) is 5.41 Å². The lowest BCUT2D eigenvalue weighted by molar-refractivity contribution is 0.682. The molecule has 0 aliphatic heterocycles. The summed E-state index contributed by atoms with van der Waals surface area (Å²) in [6, 6.07) is 0. The third kappa shape index (κ3) is 1.22. The minimum atomic E-state index is 0.106. The highest BCUT2D eigenvalue weighted by Gasteiger charge is 2.15. The number of fused-ring (bicyclic) bond motifs is 1. The van der Waals surface area contributed by atoms with Crippen molar-refractivity contribution in [2.75, 3.05) is 0 Å². The van der Waals surface area contributed by atoms with Crippen LogP contribution in [0.5, 0.6) is 0 Å².